The second-order valence-electron chi connectivity index (χ2n) is 5.58. The highest BCUT2D eigenvalue weighted by atomic mass is 79.9. The molecule has 1 fully saturated rings. The third-order valence-electron chi connectivity index (χ3n) is 3.57. The summed E-state index contributed by atoms with van der Waals surface area (Å²) in [7, 11) is 0. The number of carbonyl (C=O) groups excluding carboxylic acids is 1. The number of rotatable bonds is 1. The molecule has 0 aromatic heterocycles. The summed E-state index contributed by atoms with van der Waals surface area (Å²) in [6.07, 6.45) is 2.15. The van der Waals surface area contributed by atoms with E-state index in [1.54, 1.807) is 0 Å². The van der Waals surface area contributed by atoms with Crippen molar-refractivity contribution in [2.45, 2.75) is 26.7 Å². The van der Waals surface area contributed by atoms with Crippen molar-refractivity contribution in [3.63, 3.8) is 0 Å². The van der Waals surface area contributed by atoms with Crippen LogP contribution in [0, 0.1) is 5.41 Å². The van der Waals surface area contributed by atoms with Crippen molar-refractivity contribution < 1.29 is 4.79 Å². The van der Waals surface area contributed by atoms with Gasteiger partial charge in [-0.3, -0.25) is 4.79 Å². The number of benzene rings is 1. The first-order valence-corrected chi connectivity index (χ1v) is 7.72. The van der Waals surface area contributed by atoms with Crippen molar-refractivity contribution in [3.05, 3.63) is 32.7 Å². The van der Waals surface area contributed by atoms with Crippen LogP contribution in [0.2, 0.25) is 0 Å². The molecule has 1 aromatic rings. The third kappa shape index (κ3) is 3.15. The Kier molecular flexibility index (Phi) is 4.17. The van der Waals surface area contributed by atoms with E-state index >= 15 is 0 Å². The molecule has 0 bridgehead atoms. The van der Waals surface area contributed by atoms with Gasteiger partial charge in [-0.05, 0) is 52.4 Å². The van der Waals surface area contributed by atoms with Crippen LogP contribution in [-0.2, 0) is 0 Å². The van der Waals surface area contributed by atoms with Crippen LogP contribution in [-0.4, -0.2) is 23.9 Å². The first-order chi connectivity index (χ1) is 8.39. The Labute approximate surface area is 125 Å². The first-order valence-electron chi connectivity index (χ1n) is 6.13. The van der Waals surface area contributed by atoms with Gasteiger partial charge in [0.05, 0.1) is 5.56 Å². The number of halogens is 2. The van der Waals surface area contributed by atoms with Gasteiger partial charge in [0.2, 0.25) is 0 Å². The Morgan fingerprint density at radius 2 is 1.83 bits per heavy atom. The molecule has 1 saturated heterocycles. The molecular weight excluding hydrogens is 358 g/mol. The summed E-state index contributed by atoms with van der Waals surface area (Å²) in [4.78, 5) is 14.4. The highest BCUT2D eigenvalue weighted by molar-refractivity contribution is 9.11. The summed E-state index contributed by atoms with van der Waals surface area (Å²) in [5.74, 6) is 0.130. The number of nitrogens with zero attached hydrogens (tertiary/aromatic N) is 1. The number of piperidine rings is 1. The van der Waals surface area contributed by atoms with Gasteiger partial charge in [-0.1, -0.05) is 29.8 Å². The second-order valence-corrected chi connectivity index (χ2v) is 7.35. The number of hydrogen-bond donors (Lipinski definition) is 0. The molecule has 1 aromatic carbocycles. The summed E-state index contributed by atoms with van der Waals surface area (Å²) in [5.41, 5.74) is 1.12. The second kappa shape index (κ2) is 5.33. The fraction of sp³-hybridized carbons (Fsp3) is 0.500. The molecule has 98 valence electrons. The van der Waals surface area contributed by atoms with Gasteiger partial charge in [-0.15, -0.1) is 0 Å². The molecular formula is C14H17Br2NO. The SMILES string of the molecule is CC1(C)CCN(C(=O)c2ccc(Br)cc2Br)CC1. The number of carbonyl (C=O) groups is 1. The van der Waals surface area contributed by atoms with Crippen LogP contribution in [0.15, 0.2) is 27.1 Å². The lowest BCUT2D eigenvalue weighted by Gasteiger charge is -2.37. The zero-order valence-electron chi connectivity index (χ0n) is 10.7. The van der Waals surface area contributed by atoms with Crippen molar-refractivity contribution in [3.8, 4) is 0 Å². The smallest absolute Gasteiger partial charge is 0.254 e. The average molecular weight is 375 g/mol. The van der Waals surface area contributed by atoms with Gasteiger partial charge < -0.3 is 4.90 Å². The molecule has 0 spiro atoms. The highest BCUT2D eigenvalue weighted by Gasteiger charge is 2.28. The molecule has 1 aliphatic rings. The molecule has 0 atom stereocenters. The lowest BCUT2D eigenvalue weighted by Crippen LogP contribution is -2.41. The minimum Gasteiger partial charge on any atom is -0.339 e. The molecule has 0 saturated carbocycles. The Morgan fingerprint density at radius 3 is 2.39 bits per heavy atom. The van der Waals surface area contributed by atoms with Crippen molar-refractivity contribution >= 4 is 37.8 Å². The van der Waals surface area contributed by atoms with E-state index < -0.39 is 0 Å². The van der Waals surface area contributed by atoms with Gasteiger partial charge in [-0.25, -0.2) is 0 Å². The molecule has 18 heavy (non-hydrogen) atoms. The van der Waals surface area contributed by atoms with Crippen molar-refractivity contribution in [2.75, 3.05) is 13.1 Å². The summed E-state index contributed by atoms with van der Waals surface area (Å²) in [5, 5.41) is 0. The maximum Gasteiger partial charge on any atom is 0.254 e. The van der Waals surface area contributed by atoms with Crippen LogP contribution >= 0.6 is 31.9 Å². The first kappa shape index (κ1) is 14.1. The van der Waals surface area contributed by atoms with E-state index in [2.05, 4.69) is 45.7 Å². The zero-order valence-corrected chi connectivity index (χ0v) is 13.8. The van der Waals surface area contributed by atoms with E-state index in [1.807, 2.05) is 23.1 Å². The van der Waals surface area contributed by atoms with Crippen LogP contribution in [0.25, 0.3) is 0 Å². The van der Waals surface area contributed by atoms with E-state index in [4.69, 9.17) is 0 Å². The Morgan fingerprint density at radius 1 is 1.22 bits per heavy atom. The van der Waals surface area contributed by atoms with Crippen LogP contribution in [0.4, 0.5) is 0 Å². The Hall–Kier alpha value is -0.350. The number of hydrogen-bond acceptors (Lipinski definition) is 1. The van der Waals surface area contributed by atoms with Gasteiger partial charge in [0.25, 0.3) is 5.91 Å². The van der Waals surface area contributed by atoms with Gasteiger partial charge in [0.15, 0.2) is 0 Å². The molecule has 1 aliphatic heterocycles. The summed E-state index contributed by atoms with van der Waals surface area (Å²) >= 11 is 6.86. The van der Waals surface area contributed by atoms with E-state index in [1.165, 1.54) is 0 Å². The number of amides is 1. The maximum atomic E-state index is 12.4. The monoisotopic (exact) mass is 373 g/mol. The molecule has 2 nitrogen and oxygen atoms in total. The lowest BCUT2D eigenvalue weighted by atomic mass is 9.82. The van der Waals surface area contributed by atoms with Gasteiger partial charge in [0.1, 0.15) is 0 Å². The van der Waals surface area contributed by atoms with Crippen LogP contribution < -0.4 is 0 Å². The summed E-state index contributed by atoms with van der Waals surface area (Å²) in [6, 6.07) is 5.70. The van der Waals surface area contributed by atoms with E-state index in [0.29, 0.717) is 5.41 Å². The van der Waals surface area contributed by atoms with Crippen molar-refractivity contribution in [1.82, 2.24) is 4.90 Å². The standard InChI is InChI=1S/C14H17Br2NO/c1-14(2)5-7-17(8-6-14)13(18)11-4-3-10(15)9-12(11)16/h3-4,9H,5-8H2,1-2H3. The van der Waals surface area contributed by atoms with Crippen LogP contribution in [0.1, 0.15) is 37.0 Å². The normalized spacial score (nSPS) is 18.8. The largest absolute Gasteiger partial charge is 0.339 e. The minimum absolute atomic E-state index is 0.130. The highest BCUT2D eigenvalue weighted by Crippen LogP contribution is 2.31. The van der Waals surface area contributed by atoms with Crippen molar-refractivity contribution in [2.24, 2.45) is 5.41 Å². The van der Waals surface area contributed by atoms with E-state index in [9.17, 15) is 4.79 Å². The summed E-state index contributed by atoms with van der Waals surface area (Å²) < 4.78 is 1.83. The molecule has 2 rings (SSSR count). The minimum atomic E-state index is 0.130. The molecule has 0 aliphatic carbocycles. The fourth-order valence-corrected chi connectivity index (χ4v) is 3.37. The molecule has 1 amide bonds. The Balaban J connectivity index is 2.13. The molecule has 0 radical (unpaired) electrons. The zero-order chi connectivity index (χ0) is 13.3. The van der Waals surface area contributed by atoms with Crippen LogP contribution in [0.5, 0.6) is 0 Å². The molecule has 0 unspecified atom stereocenters. The number of likely N-dealkylation sites (tertiary alicyclic amines) is 1. The van der Waals surface area contributed by atoms with E-state index in [0.717, 1.165) is 40.4 Å². The van der Waals surface area contributed by atoms with Gasteiger partial charge >= 0.3 is 0 Å². The molecule has 0 N–H and O–H groups in total. The van der Waals surface area contributed by atoms with Gasteiger partial charge in [-0.2, -0.15) is 0 Å². The Bertz CT molecular complexity index is 461. The molecule has 4 heteroatoms. The van der Waals surface area contributed by atoms with Crippen LogP contribution in [0.3, 0.4) is 0 Å². The third-order valence-corrected chi connectivity index (χ3v) is 4.72. The fourth-order valence-electron chi connectivity index (χ4n) is 2.15. The average Bonchev–Trinajstić information content (AvgIpc) is 2.28. The maximum absolute atomic E-state index is 12.4. The predicted octanol–water partition coefficient (Wildman–Crippen LogP) is 4.47. The quantitative estimate of drug-likeness (QED) is 0.709. The van der Waals surface area contributed by atoms with Gasteiger partial charge in [0, 0.05) is 22.0 Å². The lowest BCUT2D eigenvalue weighted by molar-refractivity contribution is 0.0629. The summed E-state index contributed by atoms with van der Waals surface area (Å²) in [6.45, 7) is 6.25. The molecule has 1 heterocycles. The topological polar surface area (TPSA) is 20.3 Å². The van der Waals surface area contributed by atoms with E-state index in [-0.39, 0.29) is 5.91 Å². The van der Waals surface area contributed by atoms with Crippen molar-refractivity contribution in [1.29, 1.82) is 0 Å². The predicted molar refractivity (Wildman–Crippen MR) is 80.8 cm³/mol.